The third-order valence-electron chi connectivity index (χ3n) is 3.25. The van der Waals surface area contributed by atoms with Crippen molar-refractivity contribution in [2.24, 2.45) is 5.73 Å². The maximum atomic E-state index is 5.97. The van der Waals surface area contributed by atoms with Crippen LogP contribution in [0.5, 0.6) is 17.2 Å². The van der Waals surface area contributed by atoms with Crippen molar-refractivity contribution in [3.63, 3.8) is 0 Å². The van der Waals surface area contributed by atoms with Crippen LogP contribution in [0.25, 0.3) is 0 Å². The van der Waals surface area contributed by atoms with Gasteiger partial charge in [0, 0.05) is 12.5 Å². The first kappa shape index (κ1) is 14.9. The molecule has 0 radical (unpaired) electrons. The van der Waals surface area contributed by atoms with Crippen molar-refractivity contribution in [1.29, 1.82) is 0 Å². The standard InChI is InChI=1S/C15H23NO4/c1-10(16)6-11-7-13(17-2)15(14(8-11)18-3)20-12-4-5-19-9-12/h7-8,10,12H,4-6,9,16H2,1-3H3. The van der Waals surface area contributed by atoms with E-state index in [0.717, 1.165) is 25.0 Å². The maximum absolute atomic E-state index is 5.97. The highest BCUT2D eigenvalue weighted by Crippen LogP contribution is 2.40. The van der Waals surface area contributed by atoms with Gasteiger partial charge in [-0.3, -0.25) is 0 Å². The first-order valence-electron chi connectivity index (χ1n) is 6.89. The molecule has 2 unspecified atom stereocenters. The zero-order valence-electron chi connectivity index (χ0n) is 12.3. The highest BCUT2D eigenvalue weighted by molar-refractivity contribution is 5.54. The Morgan fingerprint density at radius 2 is 1.95 bits per heavy atom. The molecule has 5 nitrogen and oxygen atoms in total. The Morgan fingerprint density at radius 3 is 2.40 bits per heavy atom. The number of rotatable bonds is 6. The normalized spacial score (nSPS) is 19.7. The molecule has 0 saturated carbocycles. The van der Waals surface area contributed by atoms with Crippen LogP contribution >= 0.6 is 0 Å². The Balaban J connectivity index is 2.27. The second-order valence-electron chi connectivity index (χ2n) is 5.11. The van der Waals surface area contributed by atoms with E-state index in [4.69, 9.17) is 24.7 Å². The second kappa shape index (κ2) is 6.81. The molecule has 1 aromatic carbocycles. The van der Waals surface area contributed by atoms with Crippen LogP contribution < -0.4 is 19.9 Å². The highest BCUT2D eigenvalue weighted by atomic mass is 16.6. The molecule has 5 heteroatoms. The summed E-state index contributed by atoms with van der Waals surface area (Å²) in [7, 11) is 3.25. The van der Waals surface area contributed by atoms with E-state index in [9.17, 15) is 0 Å². The fraction of sp³-hybridized carbons (Fsp3) is 0.600. The van der Waals surface area contributed by atoms with E-state index in [1.165, 1.54) is 0 Å². The van der Waals surface area contributed by atoms with Crippen molar-refractivity contribution in [3.8, 4) is 17.2 Å². The van der Waals surface area contributed by atoms with Crippen LogP contribution in [-0.2, 0) is 11.2 Å². The smallest absolute Gasteiger partial charge is 0.203 e. The minimum absolute atomic E-state index is 0.0529. The second-order valence-corrected chi connectivity index (χ2v) is 5.11. The van der Waals surface area contributed by atoms with Gasteiger partial charge in [0.15, 0.2) is 11.5 Å². The molecule has 0 spiro atoms. The Hall–Kier alpha value is -1.46. The van der Waals surface area contributed by atoms with Gasteiger partial charge in [0.25, 0.3) is 0 Å². The van der Waals surface area contributed by atoms with Crippen LogP contribution in [0.2, 0.25) is 0 Å². The molecule has 2 rings (SSSR count). The van der Waals surface area contributed by atoms with Crippen LogP contribution in [0.1, 0.15) is 18.9 Å². The first-order chi connectivity index (χ1) is 9.63. The monoisotopic (exact) mass is 281 g/mol. The number of methoxy groups -OCH3 is 2. The van der Waals surface area contributed by atoms with Crippen molar-refractivity contribution in [2.75, 3.05) is 27.4 Å². The molecule has 2 atom stereocenters. The lowest BCUT2D eigenvalue weighted by atomic mass is 10.1. The van der Waals surface area contributed by atoms with E-state index in [-0.39, 0.29) is 12.1 Å². The minimum atomic E-state index is 0.0529. The highest BCUT2D eigenvalue weighted by Gasteiger charge is 2.22. The molecule has 1 heterocycles. The topological polar surface area (TPSA) is 62.9 Å². The molecule has 1 fully saturated rings. The molecule has 0 bridgehead atoms. The third kappa shape index (κ3) is 3.55. The van der Waals surface area contributed by atoms with Crippen LogP contribution in [0.3, 0.4) is 0 Å². The lowest BCUT2D eigenvalue weighted by molar-refractivity contribution is 0.135. The van der Waals surface area contributed by atoms with E-state index in [2.05, 4.69) is 0 Å². The Bertz CT molecular complexity index is 416. The summed E-state index contributed by atoms with van der Waals surface area (Å²) >= 11 is 0. The molecule has 0 aliphatic carbocycles. The molecule has 1 saturated heterocycles. The molecule has 0 aromatic heterocycles. The molecular weight excluding hydrogens is 258 g/mol. The van der Waals surface area contributed by atoms with Gasteiger partial charge < -0.3 is 24.7 Å². The molecule has 1 aliphatic heterocycles. The summed E-state index contributed by atoms with van der Waals surface area (Å²) in [5.41, 5.74) is 6.92. The van der Waals surface area contributed by atoms with Gasteiger partial charge in [0.2, 0.25) is 5.75 Å². The summed E-state index contributed by atoms with van der Waals surface area (Å²) in [6, 6.07) is 3.99. The zero-order valence-corrected chi connectivity index (χ0v) is 12.3. The number of nitrogens with two attached hydrogens (primary N) is 1. The van der Waals surface area contributed by atoms with E-state index < -0.39 is 0 Å². The van der Waals surface area contributed by atoms with Gasteiger partial charge in [-0.25, -0.2) is 0 Å². The Morgan fingerprint density at radius 1 is 1.30 bits per heavy atom. The van der Waals surface area contributed by atoms with Gasteiger partial charge in [0.1, 0.15) is 6.10 Å². The SMILES string of the molecule is COc1cc(CC(C)N)cc(OC)c1OC1CCOC1. The molecule has 20 heavy (non-hydrogen) atoms. The fourth-order valence-electron chi connectivity index (χ4n) is 2.31. The predicted octanol–water partition coefficient (Wildman–Crippen LogP) is 1.76. The van der Waals surface area contributed by atoms with Gasteiger partial charge >= 0.3 is 0 Å². The number of hydrogen-bond donors (Lipinski definition) is 1. The van der Waals surface area contributed by atoms with E-state index in [1.54, 1.807) is 14.2 Å². The lowest BCUT2D eigenvalue weighted by Gasteiger charge is -2.19. The summed E-state index contributed by atoms with van der Waals surface area (Å²) in [6.45, 7) is 3.31. The minimum Gasteiger partial charge on any atom is -0.493 e. The van der Waals surface area contributed by atoms with Crippen LogP contribution in [0.15, 0.2) is 12.1 Å². The maximum Gasteiger partial charge on any atom is 0.203 e. The summed E-state index contributed by atoms with van der Waals surface area (Å²) < 4.78 is 22.2. The first-order valence-corrected chi connectivity index (χ1v) is 6.89. The van der Waals surface area contributed by atoms with Gasteiger partial charge in [0.05, 0.1) is 27.4 Å². The number of hydrogen-bond acceptors (Lipinski definition) is 5. The van der Waals surface area contributed by atoms with Crippen LogP contribution in [0.4, 0.5) is 0 Å². The van der Waals surface area contributed by atoms with E-state index >= 15 is 0 Å². The fourth-order valence-corrected chi connectivity index (χ4v) is 2.31. The molecular formula is C15H23NO4. The summed E-state index contributed by atoms with van der Waals surface area (Å²) in [5.74, 6) is 1.98. The van der Waals surface area contributed by atoms with Crippen molar-refractivity contribution in [2.45, 2.75) is 31.9 Å². The van der Waals surface area contributed by atoms with Crippen LogP contribution in [-0.4, -0.2) is 39.6 Å². The number of benzene rings is 1. The third-order valence-corrected chi connectivity index (χ3v) is 3.25. The average Bonchev–Trinajstić information content (AvgIpc) is 2.92. The van der Waals surface area contributed by atoms with Gasteiger partial charge in [-0.15, -0.1) is 0 Å². The number of ether oxygens (including phenoxy) is 4. The molecule has 0 amide bonds. The van der Waals surface area contributed by atoms with Crippen molar-refractivity contribution >= 4 is 0 Å². The van der Waals surface area contributed by atoms with E-state index in [0.29, 0.717) is 23.9 Å². The quantitative estimate of drug-likeness (QED) is 0.861. The lowest BCUT2D eigenvalue weighted by Crippen LogP contribution is -2.19. The largest absolute Gasteiger partial charge is 0.493 e. The summed E-state index contributed by atoms with van der Waals surface area (Å²) in [4.78, 5) is 0. The molecule has 2 N–H and O–H groups in total. The van der Waals surface area contributed by atoms with Gasteiger partial charge in [-0.05, 0) is 31.0 Å². The summed E-state index contributed by atoms with van der Waals surface area (Å²) in [5, 5.41) is 0. The predicted molar refractivity (Wildman–Crippen MR) is 76.8 cm³/mol. The van der Waals surface area contributed by atoms with Crippen molar-refractivity contribution < 1.29 is 18.9 Å². The van der Waals surface area contributed by atoms with Gasteiger partial charge in [-0.2, -0.15) is 0 Å². The Labute approximate surface area is 120 Å². The molecule has 112 valence electrons. The van der Waals surface area contributed by atoms with Gasteiger partial charge in [-0.1, -0.05) is 0 Å². The average molecular weight is 281 g/mol. The molecule has 1 aliphatic rings. The van der Waals surface area contributed by atoms with Crippen molar-refractivity contribution in [1.82, 2.24) is 0 Å². The Kier molecular flexibility index (Phi) is 5.09. The molecule has 1 aromatic rings. The zero-order chi connectivity index (χ0) is 14.5. The van der Waals surface area contributed by atoms with Crippen LogP contribution in [0, 0.1) is 0 Å². The van der Waals surface area contributed by atoms with Crippen molar-refractivity contribution in [3.05, 3.63) is 17.7 Å². The van der Waals surface area contributed by atoms with E-state index in [1.807, 2.05) is 19.1 Å². The summed E-state index contributed by atoms with van der Waals surface area (Å²) in [6.07, 6.45) is 1.70.